The quantitative estimate of drug-likeness (QED) is 0.326. The molecule has 33 heavy (non-hydrogen) atoms. The lowest BCUT2D eigenvalue weighted by molar-refractivity contribution is -0.133. The first-order valence-electron chi connectivity index (χ1n) is 10.8. The monoisotopic (exact) mass is 502 g/mol. The smallest absolute Gasteiger partial charge is 0.255 e. The van der Waals surface area contributed by atoms with Crippen LogP contribution in [0.4, 0.5) is 0 Å². The Bertz CT molecular complexity index is 1100. The van der Waals surface area contributed by atoms with Crippen LogP contribution in [0.25, 0.3) is 0 Å². The van der Waals surface area contributed by atoms with Gasteiger partial charge in [-0.1, -0.05) is 67.4 Å². The summed E-state index contributed by atoms with van der Waals surface area (Å²) in [6, 6.07) is 16.8. The topological polar surface area (TPSA) is 40.6 Å². The molecule has 1 heterocycles. The molecule has 0 N–H and O–H groups in total. The summed E-state index contributed by atoms with van der Waals surface area (Å²) >= 11 is 13.9. The summed E-state index contributed by atoms with van der Waals surface area (Å²) in [6.45, 7) is 7.49. The van der Waals surface area contributed by atoms with E-state index in [0.29, 0.717) is 30.2 Å². The van der Waals surface area contributed by atoms with Crippen LogP contribution in [-0.4, -0.2) is 34.7 Å². The van der Waals surface area contributed by atoms with E-state index in [0.717, 1.165) is 16.0 Å². The largest absolute Gasteiger partial charge is 0.332 e. The molecule has 0 bridgehead atoms. The average Bonchev–Trinajstić information content (AvgIpc) is 3.17. The number of hydrogen-bond donors (Lipinski definition) is 0. The lowest BCUT2D eigenvalue weighted by Gasteiger charge is -2.29. The van der Waals surface area contributed by atoms with E-state index in [4.69, 9.17) is 23.2 Å². The van der Waals surface area contributed by atoms with Crippen molar-refractivity contribution in [2.75, 3.05) is 13.1 Å². The van der Waals surface area contributed by atoms with Gasteiger partial charge in [-0.25, -0.2) is 0 Å². The number of carbonyl (C=O) groups is 2. The molecule has 2 aromatic carbocycles. The van der Waals surface area contributed by atoms with Gasteiger partial charge in [0, 0.05) is 23.0 Å². The van der Waals surface area contributed by atoms with Crippen LogP contribution in [0.1, 0.15) is 40.2 Å². The summed E-state index contributed by atoms with van der Waals surface area (Å²) in [7, 11) is 0. The number of halogens is 2. The maximum atomic E-state index is 13.5. The van der Waals surface area contributed by atoms with Gasteiger partial charge in [-0.05, 0) is 53.6 Å². The van der Waals surface area contributed by atoms with E-state index in [9.17, 15) is 9.59 Å². The molecule has 174 valence electrons. The summed E-state index contributed by atoms with van der Waals surface area (Å²) in [5, 5.41) is 2.78. The summed E-state index contributed by atoms with van der Waals surface area (Å²) in [4.78, 5) is 31.4. The van der Waals surface area contributed by atoms with Crippen LogP contribution in [0.3, 0.4) is 0 Å². The highest BCUT2D eigenvalue weighted by Crippen LogP contribution is 2.24. The molecule has 1 aromatic heterocycles. The van der Waals surface area contributed by atoms with Gasteiger partial charge >= 0.3 is 0 Å². The Balaban J connectivity index is 1.85. The third-order valence-corrected chi connectivity index (χ3v) is 6.79. The number of thiophene rings is 1. The minimum Gasteiger partial charge on any atom is -0.332 e. The van der Waals surface area contributed by atoms with E-state index in [1.54, 1.807) is 34.4 Å². The summed E-state index contributed by atoms with van der Waals surface area (Å²) in [5.74, 6) is -0.189. The Kier molecular flexibility index (Phi) is 8.95. The number of nitrogens with zero attached hydrogens (tertiary/aromatic N) is 2. The third kappa shape index (κ3) is 7.07. The minimum absolute atomic E-state index is 0.0206. The molecular formula is C26H28Cl2N2O2S. The van der Waals surface area contributed by atoms with Gasteiger partial charge in [-0.2, -0.15) is 0 Å². The van der Waals surface area contributed by atoms with E-state index in [1.807, 2.05) is 61.4 Å². The summed E-state index contributed by atoms with van der Waals surface area (Å²) in [5.41, 5.74) is 2.55. The molecule has 0 saturated heterocycles. The van der Waals surface area contributed by atoms with Crippen molar-refractivity contribution in [3.05, 3.63) is 91.6 Å². The first kappa shape index (κ1) is 25.3. The molecule has 0 radical (unpaired) electrons. The van der Waals surface area contributed by atoms with Crippen molar-refractivity contribution in [2.24, 2.45) is 5.92 Å². The Hall–Kier alpha value is -2.34. The molecule has 7 heteroatoms. The van der Waals surface area contributed by atoms with Crippen molar-refractivity contribution in [1.29, 1.82) is 0 Å². The highest BCUT2D eigenvalue weighted by molar-refractivity contribution is 7.10. The first-order chi connectivity index (χ1) is 15.7. The molecule has 0 fully saturated rings. The van der Waals surface area contributed by atoms with Gasteiger partial charge in [0.05, 0.1) is 17.1 Å². The van der Waals surface area contributed by atoms with Gasteiger partial charge in [0.15, 0.2) is 0 Å². The van der Waals surface area contributed by atoms with Crippen LogP contribution in [0.2, 0.25) is 10.0 Å². The SMILES string of the molecule is Cc1ccsc1CN(Cc1ccccc1)C(=O)CN(CC(C)C)C(=O)c1ccc(Cl)cc1Cl. The van der Waals surface area contributed by atoms with Gasteiger partial charge in [-0.15, -0.1) is 11.3 Å². The number of benzene rings is 2. The average molecular weight is 503 g/mol. The van der Waals surface area contributed by atoms with Crippen molar-refractivity contribution in [2.45, 2.75) is 33.9 Å². The fraction of sp³-hybridized carbons (Fsp3) is 0.308. The Labute approximate surface area is 209 Å². The Morgan fingerprint density at radius 1 is 0.970 bits per heavy atom. The zero-order valence-corrected chi connectivity index (χ0v) is 21.4. The standard InChI is InChI=1S/C26H28Cl2N2O2S/c1-18(2)14-30(26(32)22-10-9-21(27)13-23(22)28)17-25(31)29(15-20-7-5-4-6-8-20)16-24-19(3)11-12-33-24/h4-13,18H,14-17H2,1-3H3. The molecule has 3 aromatic rings. The van der Waals surface area contributed by atoms with E-state index in [-0.39, 0.29) is 29.3 Å². The molecular weight excluding hydrogens is 475 g/mol. The van der Waals surface area contributed by atoms with Gasteiger partial charge in [0.2, 0.25) is 5.91 Å². The van der Waals surface area contributed by atoms with Crippen LogP contribution in [0, 0.1) is 12.8 Å². The molecule has 4 nitrogen and oxygen atoms in total. The normalized spacial score (nSPS) is 11.0. The van der Waals surface area contributed by atoms with Crippen LogP contribution in [0.5, 0.6) is 0 Å². The Morgan fingerprint density at radius 2 is 1.70 bits per heavy atom. The van der Waals surface area contributed by atoms with Crippen molar-refractivity contribution in [3.8, 4) is 0 Å². The van der Waals surface area contributed by atoms with Gasteiger partial charge in [0.25, 0.3) is 5.91 Å². The fourth-order valence-electron chi connectivity index (χ4n) is 3.53. The van der Waals surface area contributed by atoms with Gasteiger partial charge in [0.1, 0.15) is 6.54 Å². The molecule has 0 aliphatic carbocycles. The third-order valence-electron chi connectivity index (χ3n) is 5.23. The predicted molar refractivity (Wildman–Crippen MR) is 137 cm³/mol. The van der Waals surface area contributed by atoms with E-state index < -0.39 is 0 Å². The highest BCUT2D eigenvalue weighted by Gasteiger charge is 2.25. The second-order valence-electron chi connectivity index (χ2n) is 8.47. The maximum absolute atomic E-state index is 13.5. The number of hydrogen-bond acceptors (Lipinski definition) is 3. The van der Waals surface area contributed by atoms with Crippen molar-refractivity contribution in [3.63, 3.8) is 0 Å². The second-order valence-corrected chi connectivity index (χ2v) is 10.3. The van der Waals surface area contributed by atoms with E-state index >= 15 is 0 Å². The van der Waals surface area contributed by atoms with Crippen LogP contribution < -0.4 is 0 Å². The molecule has 0 unspecified atom stereocenters. The number of rotatable bonds is 9. The van der Waals surface area contributed by atoms with Gasteiger partial charge in [-0.3, -0.25) is 9.59 Å². The van der Waals surface area contributed by atoms with Crippen LogP contribution in [0.15, 0.2) is 60.0 Å². The fourth-order valence-corrected chi connectivity index (χ4v) is 4.94. The molecule has 3 rings (SSSR count). The van der Waals surface area contributed by atoms with Crippen LogP contribution >= 0.6 is 34.5 Å². The van der Waals surface area contributed by atoms with Crippen molar-refractivity contribution in [1.82, 2.24) is 9.80 Å². The molecule has 2 amide bonds. The summed E-state index contributed by atoms with van der Waals surface area (Å²) in [6.07, 6.45) is 0. The molecule has 0 spiro atoms. The number of carbonyl (C=O) groups excluding carboxylic acids is 2. The Morgan fingerprint density at radius 3 is 2.30 bits per heavy atom. The molecule has 0 aliphatic rings. The van der Waals surface area contributed by atoms with Gasteiger partial charge < -0.3 is 9.80 Å². The number of amides is 2. The summed E-state index contributed by atoms with van der Waals surface area (Å²) < 4.78 is 0. The van der Waals surface area contributed by atoms with Crippen molar-refractivity contribution >= 4 is 46.4 Å². The molecule has 0 atom stereocenters. The zero-order valence-electron chi connectivity index (χ0n) is 19.1. The molecule has 0 saturated carbocycles. The molecule has 0 aliphatic heterocycles. The van der Waals surface area contributed by atoms with Crippen LogP contribution in [-0.2, 0) is 17.9 Å². The maximum Gasteiger partial charge on any atom is 0.255 e. The predicted octanol–water partition coefficient (Wildman–Crippen LogP) is 6.69. The van der Waals surface area contributed by atoms with E-state index in [2.05, 4.69) is 6.07 Å². The van der Waals surface area contributed by atoms with E-state index in [1.165, 1.54) is 0 Å². The first-order valence-corrected chi connectivity index (χ1v) is 12.5. The zero-order chi connectivity index (χ0) is 24.0. The van der Waals surface area contributed by atoms with Crippen molar-refractivity contribution < 1.29 is 9.59 Å². The lowest BCUT2D eigenvalue weighted by Crippen LogP contribution is -2.44. The number of aryl methyl sites for hydroxylation is 1. The lowest BCUT2D eigenvalue weighted by atomic mass is 10.1. The second kappa shape index (κ2) is 11.7. The minimum atomic E-state index is -0.273. The highest BCUT2D eigenvalue weighted by atomic mass is 35.5.